The molecule has 0 bridgehead atoms. The first-order valence-electron chi connectivity index (χ1n) is 5.00. The fraction of sp³-hybridized carbons (Fsp3) is 0.250. The molecule has 0 aliphatic carbocycles. The van der Waals surface area contributed by atoms with Crippen molar-refractivity contribution in [1.29, 1.82) is 0 Å². The van der Waals surface area contributed by atoms with Crippen LogP contribution in [-0.2, 0) is 5.60 Å². The van der Waals surface area contributed by atoms with Crippen LogP contribution in [-0.4, -0.2) is 15.1 Å². The van der Waals surface area contributed by atoms with Gasteiger partial charge in [0.2, 0.25) is 0 Å². The van der Waals surface area contributed by atoms with Crippen LogP contribution in [0.3, 0.4) is 0 Å². The number of rotatable bonds is 2. The molecule has 1 heterocycles. The summed E-state index contributed by atoms with van der Waals surface area (Å²) in [6, 6.07) is 5.50. The van der Waals surface area contributed by atoms with Crippen LogP contribution < -0.4 is 0 Å². The number of imidazole rings is 1. The molecular formula is C12H13ClN2O. The summed E-state index contributed by atoms with van der Waals surface area (Å²) in [5.41, 5.74) is 0.555. The molecule has 0 amide bonds. The topological polar surface area (TPSA) is 48.9 Å². The lowest BCUT2D eigenvalue weighted by Gasteiger charge is -2.21. The molecule has 0 saturated heterocycles. The number of hydrogen-bond donors (Lipinski definition) is 2. The molecule has 4 heteroatoms. The molecule has 16 heavy (non-hydrogen) atoms. The third kappa shape index (κ3) is 1.84. The number of H-pyrrole nitrogens is 1. The van der Waals surface area contributed by atoms with E-state index in [0.717, 1.165) is 11.1 Å². The van der Waals surface area contributed by atoms with Gasteiger partial charge in [-0.05, 0) is 31.0 Å². The van der Waals surface area contributed by atoms with E-state index in [2.05, 4.69) is 9.97 Å². The number of benzene rings is 1. The van der Waals surface area contributed by atoms with Crippen molar-refractivity contribution in [1.82, 2.24) is 9.97 Å². The Bertz CT molecular complexity index is 492. The first kappa shape index (κ1) is 11.2. The smallest absolute Gasteiger partial charge is 0.144 e. The molecule has 2 rings (SSSR count). The van der Waals surface area contributed by atoms with Crippen LogP contribution >= 0.6 is 11.6 Å². The van der Waals surface area contributed by atoms with E-state index >= 15 is 0 Å². The summed E-state index contributed by atoms with van der Waals surface area (Å²) in [7, 11) is 0. The number of nitrogens with one attached hydrogen (secondary N) is 1. The van der Waals surface area contributed by atoms with E-state index in [-0.39, 0.29) is 0 Å². The quantitative estimate of drug-likeness (QED) is 0.842. The summed E-state index contributed by atoms with van der Waals surface area (Å²) in [5.74, 6) is 0.507. The Morgan fingerprint density at radius 1 is 1.44 bits per heavy atom. The van der Waals surface area contributed by atoms with Crippen molar-refractivity contribution < 1.29 is 5.11 Å². The average Bonchev–Trinajstić information content (AvgIpc) is 2.75. The van der Waals surface area contributed by atoms with Gasteiger partial charge in [0.05, 0.1) is 0 Å². The zero-order valence-electron chi connectivity index (χ0n) is 9.16. The van der Waals surface area contributed by atoms with Crippen molar-refractivity contribution in [2.75, 3.05) is 0 Å². The summed E-state index contributed by atoms with van der Waals surface area (Å²) in [6.07, 6.45) is 3.29. The second-order valence-corrected chi connectivity index (χ2v) is 4.38. The van der Waals surface area contributed by atoms with E-state index in [1.807, 2.05) is 19.1 Å². The van der Waals surface area contributed by atoms with Crippen molar-refractivity contribution >= 4 is 11.6 Å². The van der Waals surface area contributed by atoms with Gasteiger partial charge < -0.3 is 10.1 Å². The Hall–Kier alpha value is -1.32. The molecule has 0 saturated carbocycles. The van der Waals surface area contributed by atoms with Crippen molar-refractivity contribution in [3.05, 3.63) is 52.6 Å². The van der Waals surface area contributed by atoms with Gasteiger partial charge in [-0.3, -0.25) is 0 Å². The number of hydrogen-bond acceptors (Lipinski definition) is 2. The molecule has 3 nitrogen and oxygen atoms in total. The molecule has 84 valence electrons. The zero-order chi connectivity index (χ0) is 11.8. The minimum absolute atomic E-state index is 0.507. The summed E-state index contributed by atoms with van der Waals surface area (Å²) in [5, 5.41) is 11.1. The number of aliphatic hydroxyl groups is 1. The Morgan fingerprint density at radius 2 is 2.19 bits per heavy atom. The maximum atomic E-state index is 10.4. The van der Waals surface area contributed by atoms with Gasteiger partial charge in [-0.2, -0.15) is 0 Å². The normalized spacial score (nSPS) is 14.8. The number of aromatic nitrogens is 2. The first-order valence-corrected chi connectivity index (χ1v) is 5.38. The predicted molar refractivity (Wildman–Crippen MR) is 63.4 cm³/mol. The molecule has 0 radical (unpaired) electrons. The number of halogens is 1. The van der Waals surface area contributed by atoms with E-state index in [9.17, 15) is 5.11 Å². The van der Waals surface area contributed by atoms with E-state index < -0.39 is 5.60 Å². The van der Waals surface area contributed by atoms with Gasteiger partial charge in [0.15, 0.2) is 0 Å². The summed E-state index contributed by atoms with van der Waals surface area (Å²) < 4.78 is 0. The highest BCUT2D eigenvalue weighted by molar-refractivity contribution is 6.31. The van der Waals surface area contributed by atoms with Gasteiger partial charge in [-0.1, -0.05) is 23.7 Å². The Kier molecular flexibility index (Phi) is 2.74. The Labute approximate surface area is 99.1 Å². The molecule has 1 aromatic carbocycles. The Balaban J connectivity index is 2.47. The molecule has 0 aliphatic rings. The average molecular weight is 237 g/mol. The van der Waals surface area contributed by atoms with Gasteiger partial charge in [-0.15, -0.1) is 0 Å². The molecule has 0 spiro atoms. The van der Waals surface area contributed by atoms with Crippen LogP contribution in [0.1, 0.15) is 23.9 Å². The summed E-state index contributed by atoms with van der Waals surface area (Å²) >= 11 is 6.04. The largest absolute Gasteiger partial charge is 0.377 e. The molecule has 1 atom stereocenters. The minimum atomic E-state index is -1.15. The SMILES string of the molecule is Cc1ccc(C(C)(O)c2ncc[nH]2)cc1Cl. The van der Waals surface area contributed by atoms with E-state index in [4.69, 9.17) is 11.6 Å². The van der Waals surface area contributed by atoms with Crippen LogP contribution in [0.4, 0.5) is 0 Å². The maximum Gasteiger partial charge on any atom is 0.144 e. The van der Waals surface area contributed by atoms with Crippen molar-refractivity contribution in [3.8, 4) is 0 Å². The van der Waals surface area contributed by atoms with Crippen LogP contribution in [0.5, 0.6) is 0 Å². The van der Waals surface area contributed by atoms with Gasteiger partial charge in [-0.25, -0.2) is 4.98 Å². The monoisotopic (exact) mass is 236 g/mol. The molecule has 2 aromatic rings. The molecular weight excluding hydrogens is 224 g/mol. The highest BCUT2D eigenvalue weighted by atomic mass is 35.5. The second-order valence-electron chi connectivity index (χ2n) is 3.97. The number of nitrogens with zero attached hydrogens (tertiary/aromatic N) is 1. The van der Waals surface area contributed by atoms with Gasteiger partial charge >= 0.3 is 0 Å². The molecule has 2 N–H and O–H groups in total. The van der Waals surface area contributed by atoms with Crippen LogP contribution in [0.25, 0.3) is 0 Å². The lowest BCUT2D eigenvalue weighted by atomic mass is 9.94. The number of aromatic amines is 1. The van der Waals surface area contributed by atoms with Gasteiger partial charge in [0.25, 0.3) is 0 Å². The fourth-order valence-corrected chi connectivity index (χ4v) is 1.74. The molecule has 0 fully saturated rings. The van der Waals surface area contributed by atoms with Crippen molar-refractivity contribution in [2.45, 2.75) is 19.4 Å². The lowest BCUT2D eigenvalue weighted by molar-refractivity contribution is 0.0931. The van der Waals surface area contributed by atoms with Crippen LogP contribution in [0.2, 0.25) is 5.02 Å². The highest BCUT2D eigenvalue weighted by Gasteiger charge is 2.28. The van der Waals surface area contributed by atoms with E-state index in [0.29, 0.717) is 10.8 Å². The third-order valence-corrected chi connectivity index (χ3v) is 3.10. The number of aryl methyl sites for hydroxylation is 1. The standard InChI is InChI=1S/C12H13ClN2O/c1-8-3-4-9(7-10(8)13)12(2,16)11-14-5-6-15-11/h3-7,16H,1-2H3,(H,14,15). The third-order valence-electron chi connectivity index (χ3n) is 2.69. The van der Waals surface area contributed by atoms with Gasteiger partial charge in [0.1, 0.15) is 11.4 Å². The van der Waals surface area contributed by atoms with Crippen LogP contribution in [0, 0.1) is 6.92 Å². The lowest BCUT2D eigenvalue weighted by Crippen LogP contribution is -2.24. The molecule has 1 aromatic heterocycles. The van der Waals surface area contributed by atoms with Gasteiger partial charge in [0, 0.05) is 17.4 Å². The summed E-state index contributed by atoms with van der Waals surface area (Å²) in [6.45, 7) is 3.61. The molecule has 1 unspecified atom stereocenters. The fourth-order valence-electron chi connectivity index (χ4n) is 1.56. The highest BCUT2D eigenvalue weighted by Crippen LogP contribution is 2.29. The zero-order valence-corrected chi connectivity index (χ0v) is 9.92. The van der Waals surface area contributed by atoms with Crippen molar-refractivity contribution in [2.24, 2.45) is 0 Å². The maximum absolute atomic E-state index is 10.4. The summed E-state index contributed by atoms with van der Waals surface area (Å²) in [4.78, 5) is 6.97. The van der Waals surface area contributed by atoms with E-state index in [1.54, 1.807) is 25.4 Å². The molecule has 0 aliphatic heterocycles. The minimum Gasteiger partial charge on any atom is -0.377 e. The van der Waals surface area contributed by atoms with E-state index in [1.165, 1.54) is 0 Å². The second kappa shape index (κ2) is 3.92. The van der Waals surface area contributed by atoms with Crippen molar-refractivity contribution in [3.63, 3.8) is 0 Å². The first-order chi connectivity index (χ1) is 7.51. The Morgan fingerprint density at radius 3 is 2.75 bits per heavy atom. The predicted octanol–water partition coefficient (Wildman–Crippen LogP) is 2.63. The van der Waals surface area contributed by atoms with Crippen LogP contribution in [0.15, 0.2) is 30.6 Å².